The second-order valence-corrected chi connectivity index (χ2v) is 9.91. The number of amides is 1. The predicted octanol–water partition coefficient (Wildman–Crippen LogP) is 6.51. The molecule has 0 bridgehead atoms. The fraction of sp³-hybridized carbons (Fsp3) is 0.385. The van der Waals surface area contributed by atoms with Crippen LogP contribution in [0, 0.1) is 0 Å². The zero-order valence-electron chi connectivity index (χ0n) is 20.8. The highest BCUT2D eigenvalue weighted by Crippen LogP contribution is 2.41. The smallest absolute Gasteiger partial charge is 0.416 e. The minimum Gasteiger partial charge on any atom is -0.435 e. The molecular formula is C26H28ClF5N4O2. The Bertz CT molecular complexity index is 1240. The van der Waals surface area contributed by atoms with Crippen molar-refractivity contribution in [3.63, 3.8) is 0 Å². The molecule has 12 heteroatoms. The van der Waals surface area contributed by atoms with Crippen molar-refractivity contribution in [3.05, 3.63) is 77.6 Å². The average molecular weight is 559 g/mol. The SMILES string of the molecule is CC(C)(C)n1ccc(C2C[C@@H](C(=O)Nc3ccc(OC(F)F)cc3)N[C@H]2c2cccc(C(F)(F)F)c2)n1.Cl. The van der Waals surface area contributed by atoms with Gasteiger partial charge in [0.2, 0.25) is 5.91 Å². The van der Waals surface area contributed by atoms with Gasteiger partial charge in [-0.05, 0) is 75.2 Å². The maximum absolute atomic E-state index is 13.4. The molecule has 4 rings (SSSR count). The Balaban J connectivity index is 0.00000400. The van der Waals surface area contributed by atoms with Crippen molar-refractivity contribution in [2.24, 2.45) is 0 Å². The van der Waals surface area contributed by atoms with Gasteiger partial charge in [-0.2, -0.15) is 27.1 Å². The van der Waals surface area contributed by atoms with Crippen molar-refractivity contribution >= 4 is 24.0 Å². The number of benzene rings is 2. The standard InChI is InChI=1S/C26H27F5N4O2.ClH/c1-25(2,3)35-12-11-20(34-35)19-14-21(23(36)32-17-7-9-18(10-8-17)37-24(27)28)33-22(19)15-5-4-6-16(13-15)26(29,30)31;/h4-13,19,21-22,24,33H,14H2,1-3H3,(H,32,36);1H/t19?,21-,22-;/m0./s1. The van der Waals surface area contributed by atoms with E-state index in [1.54, 1.807) is 10.7 Å². The number of carbonyl (C=O) groups is 1. The number of ether oxygens (including phenoxy) is 1. The van der Waals surface area contributed by atoms with Gasteiger partial charge >= 0.3 is 12.8 Å². The van der Waals surface area contributed by atoms with E-state index >= 15 is 0 Å². The number of anilines is 1. The summed E-state index contributed by atoms with van der Waals surface area (Å²) in [6.45, 7) is 2.98. The monoisotopic (exact) mass is 558 g/mol. The van der Waals surface area contributed by atoms with Gasteiger partial charge in [-0.1, -0.05) is 12.1 Å². The predicted molar refractivity (Wildman–Crippen MR) is 135 cm³/mol. The van der Waals surface area contributed by atoms with Crippen molar-refractivity contribution in [1.82, 2.24) is 15.1 Å². The van der Waals surface area contributed by atoms with Crippen molar-refractivity contribution in [3.8, 4) is 5.75 Å². The van der Waals surface area contributed by atoms with E-state index in [1.807, 2.05) is 33.0 Å². The van der Waals surface area contributed by atoms with Crippen LogP contribution in [0.2, 0.25) is 0 Å². The molecule has 1 fully saturated rings. The quantitative estimate of drug-likeness (QED) is 0.339. The second kappa shape index (κ2) is 11.3. The number of carbonyl (C=O) groups excluding carboxylic acids is 1. The van der Waals surface area contributed by atoms with E-state index in [0.717, 1.165) is 12.1 Å². The molecule has 2 N–H and O–H groups in total. The van der Waals surface area contributed by atoms with Gasteiger partial charge in [-0.25, -0.2) is 0 Å². The molecule has 1 aliphatic rings. The first-order valence-electron chi connectivity index (χ1n) is 11.7. The molecule has 1 unspecified atom stereocenters. The summed E-state index contributed by atoms with van der Waals surface area (Å²) in [5.41, 5.74) is 0.351. The Hall–Kier alpha value is -3.18. The third-order valence-electron chi connectivity index (χ3n) is 6.19. The molecule has 0 spiro atoms. The van der Waals surface area contributed by atoms with Crippen LogP contribution >= 0.6 is 12.4 Å². The second-order valence-electron chi connectivity index (χ2n) is 9.91. The van der Waals surface area contributed by atoms with E-state index < -0.39 is 36.3 Å². The Morgan fingerprint density at radius 3 is 2.37 bits per heavy atom. The van der Waals surface area contributed by atoms with Gasteiger partial charge < -0.3 is 10.1 Å². The zero-order valence-corrected chi connectivity index (χ0v) is 21.6. The number of halogens is 6. The van der Waals surface area contributed by atoms with Gasteiger partial charge in [-0.15, -0.1) is 12.4 Å². The number of nitrogens with zero attached hydrogens (tertiary/aromatic N) is 2. The van der Waals surface area contributed by atoms with Gasteiger partial charge in [0.05, 0.1) is 22.8 Å². The summed E-state index contributed by atoms with van der Waals surface area (Å²) in [7, 11) is 0. The summed E-state index contributed by atoms with van der Waals surface area (Å²) in [4.78, 5) is 13.1. The highest BCUT2D eigenvalue weighted by Gasteiger charge is 2.41. The van der Waals surface area contributed by atoms with Gasteiger partial charge in [0, 0.05) is 23.8 Å². The van der Waals surface area contributed by atoms with Crippen molar-refractivity contribution in [1.29, 1.82) is 0 Å². The van der Waals surface area contributed by atoms with Gasteiger partial charge in [0.1, 0.15) is 5.75 Å². The normalized spacial score (nSPS) is 19.8. The van der Waals surface area contributed by atoms with Crippen molar-refractivity contribution in [2.45, 2.75) is 63.5 Å². The van der Waals surface area contributed by atoms with E-state index in [2.05, 4.69) is 20.5 Å². The topological polar surface area (TPSA) is 68.2 Å². The highest BCUT2D eigenvalue weighted by molar-refractivity contribution is 5.95. The fourth-order valence-corrected chi connectivity index (χ4v) is 4.36. The number of hydrogen-bond donors (Lipinski definition) is 2. The van der Waals surface area contributed by atoms with Crippen LogP contribution in [0.15, 0.2) is 60.8 Å². The largest absolute Gasteiger partial charge is 0.435 e. The third-order valence-corrected chi connectivity index (χ3v) is 6.19. The summed E-state index contributed by atoms with van der Waals surface area (Å²) in [5, 5.41) is 10.6. The van der Waals surface area contributed by atoms with Gasteiger partial charge in [-0.3, -0.25) is 14.8 Å². The summed E-state index contributed by atoms with van der Waals surface area (Å²) in [6.07, 6.45) is -2.40. The maximum atomic E-state index is 13.4. The molecule has 0 radical (unpaired) electrons. The van der Waals surface area contributed by atoms with E-state index in [0.29, 0.717) is 23.4 Å². The Kier molecular flexibility index (Phi) is 8.72. The fourth-order valence-electron chi connectivity index (χ4n) is 4.36. The van der Waals surface area contributed by atoms with E-state index in [1.165, 1.54) is 30.3 Å². The Labute approximate surface area is 223 Å². The Morgan fingerprint density at radius 2 is 1.79 bits per heavy atom. The van der Waals surface area contributed by atoms with Crippen LogP contribution in [-0.4, -0.2) is 28.3 Å². The lowest BCUT2D eigenvalue weighted by atomic mass is 9.90. The molecule has 6 nitrogen and oxygen atoms in total. The van der Waals surface area contributed by atoms with Crippen LogP contribution in [0.1, 0.15) is 56.0 Å². The molecule has 38 heavy (non-hydrogen) atoms. The van der Waals surface area contributed by atoms with Crippen LogP contribution in [-0.2, 0) is 16.5 Å². The van der Waals surface area contributed by atoms with Crippen molar-refractivity contribution < 1.29 is 31.5 Å². The number of rotatable bonds is 6. The average Bonchev–Trinajstić information content (AvgIpc) is 3.47. The molecule has 1 aliphatic heterocycles. The van der Waals surface area contributed by atoms with E-state index in [-0.39, 0.29) is 29.6 Å². The molecule has 206 valence electrons. The molecule has 0 aliphatic carbocycles. The summed E-state index contributed by atoms with van der Waals surface area (Å²) < 4.78 is 71.1. The van der Waals surface area contributed by atoms with Crippen LogP contribution in [0.25, 0.3) is 0 Å². The van der Waals surface area contributed by atoms with Crippen molar-refractivity contribution in [2.75, 3.05) is 5.32 Å². The minimum absolute atomic E-state index is 0. The lowest BCUT2D eigenvalue weighted by Crippen LogP contribution is -2.36. The van der Waals surface area contributed by atoms with Gasteiger partial charge in [0.25, 0.3) is 0 Å². The van der Waals surface area contributed by atoms with Crippen LogP contribution in [0.4, 0.5) is 27.6 Å². The molecule has 1 saturated heterocycles. The molecule has 0 saturated carbocycles. The Morgan fingerprint density at radius 1 is 1.11 bits per heavy atom. The first-order valence-corrected chi connectivity index (χ1v) is 11.7. The summed E-state index contributed by atoms with van der Waals surface area (Å²) in [6, 6.07) is 11.0. The van der Waals surface area contributed by atoms with Gasteiger partial charge in [0.15, 0.2) is 0 Å². The first-order chi connectivity index (χ1) is 17.3. The summed E-state index contributed by atoms with van der Waals surface area (Å²) in [5.74, 6) is -0.826. The highest BCUT2D eigenvalue weighted by atomic mass is 35.5. The molecule has 1 aromatic heterocycles. The minimum atomic E-state index is -4.51. The third kappa shape index (κ3) is 6.82. The van der Waals surface area contributed by atoms with Crippen LogP contribution < -0.4 is 15.4 Å². The number of aromatic nitrogens is 2. The number of nitrogens with one attached hydrogen (secondary N) is 2. The zero-order chi connectivity index (χ0) is 27.0. The molecule has 3 aromatic rings. The molecule has 3 atom stereocenters. The number of hydrogen-bond acceptors (Lipinski definition) is 4. The lowest BCUT2D eigenvalue weighted by Gasteiger charge is -2.21. The van der Waals surface area contributed by atoms with Crippen LogP contribution in [0.5, 0.6) is 5.75 Å². The van der Waals surface area contributed by atoms with E-state index in [4.69, 9.17) is 0 Å². The summed E-state index contributed by atoms with van der Waals surface area (Å²) >= 11 is 0. The molecule has 1 amide bonds. The molecular weight excluding hydrogens is 531 g/mol. The van der Waals surface area contributed by atoms with Crippen LogP contribution in [0.3, 0.4) is 0 Å². The maximum Gasteiger partial charge on any atom is 0.416 e. The lowest BCUT2D eigenvalue weighted by molar-refractivity contribution is -0.137. The molecule has 2 heterocycles. The molecule has 2 aromatic carbocycles. The first kappa shape index (κ1) is 29.4. The van der Waals surface area contributed by atoms with E-state index in [9.17, 15) is 26.7 Å². The number of alkyl halides is 5.